The van der Waals surface area contributed by atoms with E-state index in [-0.39, 0.29) is 6.04 Å². The van der Waals surface area contributed by atoms with Gasteiger partial charge in [-0.15, -0.1) is 0 Å². The van der Waals surface area contributed by atoms with E-state index in [1.165, 1.54) is 12.4 Å². The second kappa shape index (κ2) is 6.72. The fourth-order valence-electron chi connectivity index (χ4n) is 2.60. The van der Waals surface area contributed by atoms with Crippen LogP contribution in [0.3, 0.4) is 0 Å². The highest BCUT2D eigenvalue weighted by atomic mass is 19.1. The molecule has 1 saturated heterocycles. The van der Waals surface area contributed by atoms with Gasteiger partial charge in [0.1, 0.15) is 5.82 Å². The van der Waals surface area contributed by atoms with Crippen LogP contribution in [0.1, 0.15) is 12.8 Å². The van der Waals surface area contributed by atoms with E-state index in [9.17, 15) is 4.39 Å². The number of nitrogens with one attached hydrogen (secondary N) is 1. The molecule has 0 amide bonds. The lowest BCUT2D eigenvalue weighted by Crippen LogP contribution is -2.43. The van der Waals surface area contributed by atoms with Crippen molar-refractivity contribution in [2.45, 2.75) is 18.9 Å². The van der Waals surface area contributed by atoms with Gasteiger partial charge in [-0.1, -0.05) is 0 Å². The molecule has 3 rings (SSSR count). The summed E-state index contributed by atoms with van der Waals surface area (Å²) in [6, 6.07) is 2.10. The minimum absolute atomic E-state index is 0.238. The Morgan fingerprint density at radius 2 is 2.04 bits per heavy atom. The molecule has 122 valence electrons. The molecule has 1 atom stereocenters. The van der Waals surface area contributed by atoms with Crippen LogP contribution < -0.4 is 15.1 Å². The van der Waals surface area contributed by atoms with Crippen LogP contribution in [-0.4, -0.2) is 53.2 Å². The third-order valence-corrected chi connectivity index (χ3v) is 3.71. The molecule has 2 aromatic rings. The Balaban J connectivity index is 1.67. The molecular weight excluding hydrogens is 297 g/mol. The number of halogens is 1. The van der Waals surface area contributed by atoms with Gasteiger partial charge >= 0.3 is 0 Å². The standard InChI is InChI=1S/C15H20FN7/c1-22(2)15-17-6-5-13(21-15)20-12-4-3-7-23(10-12)14-18-8-11(16)9-19-14/h5-6,8-9,12H,3-4,7,10H2,1-2H3,(H,17,20,21). The fourth-order valence-corrected chi connectivity index (χ4v) is 2.60. The topological polar surface area (TPSA) is 70.1 Å². The maximum atomic E-state index is 12.9. The molecule has 1 N–H and O–H groups in total. The summed E-state index contributed by atoms with van der Waals surface area (Å²) in [6.07, 6.45) is 6.21. The van der Waals surface area contributed by atoms with Gasteiger partial charge in [0.05, 0.1) is 12.4 Å². The van der Waals surface area contributed by atoms with Gasteiger partial charge in [-0.3, -0.25) is 0 Å². The van der Waals surface area contributed by atoms with Crippen LogP contribution in [0.5, 0.6) is 0 Å². The second-order valence-electron chi connectivity index (χ2n) is 5.77. The molecule has 1 unspecified atom stereocenters. The molecule has 8 heteroatoms. The normalized spacial score (nSPS) is 17.9. The highest BCUT2D eigenvalue weighted by Crippen LogP contribution is 2.19. The number of aromatic nitrogens is 4. The van der Waals surface area contributed by atoms with Crippen molar-refractivity contribution < 1.29 is 4.39 Å². The first-order chi connectivity index (χ1) is 11.1. The molecule has 0 bridgehead atoms. The predicted molar refractivity (Wildman–Crippen MR) is 87.2 cm³/mol. The minimum Gasteiger partial charge on any atom is -0.365 e. The number of piperidine rings is 1. The summed E-state index contributed by atoms with van der Waals surface area (Å²) < 4.78 is 12.9. The molecule has 0 spiro atoms. The van der Waals surface area contributed by atoms with Crippen LogP contribution in [0.15, 0.2) is 24.7 Å². The van der Waals surface area contributed by atoms with Gasteiger partial charge in [0.2, 0.25) is 11.9 Å². The number of hydrogen-bond donors (Lipinski definition) is 1. The van der Waals surface area contributed by atoms with Crippen molar-refractivity contribution in [3.05, 3.63) is 30.5 Å². The van der Waals surface area contributed by atoms with Crippen LogP contribution in [-0.2, 0) is 0 Å². The summed E-state index contributed by atoms with van der Waals surface area (Å²) in [4.78, 5) is 20.7. The molecule has 0 saturated carbocycles. The first kappa shape index (κ1) is 15.4. The molecular formula is C15H20FN7. The van der Waals surface area contributed by atoms with E-state index in [0.29, 0.717) is 11.9 Å². The van der Waals surface area contributed by atoms with Crippen LogP contribution >= 0.6 is 0 Å². The zero-order valence-electron chi connectivity index (χ0n) is 13.3. The van der Waals surface area contributed by atoms with Crippen LogP contribution in [0.4, 0.5) is 22.1 Å². The molecule has 1 aliphatic heterocycles. The number of nitrogens with zero attached hydrogens (tertiary/aromatic N) is 6. The highest BCUT2D eigenvalue weighted by Gasteiger charge is 2.22. The Morgan fingerprint density at radius 1 is 1.26 bits per heavy atom. The monoisotopic (exact) mass is 317 g/mol. The second-order valence-corrected chi connectivity index (χ2v) is 5.77. The Bertz CT molecular complexity index is 647. The molecule has 0 aromatic carbocycles. The van der Waals surface area contributed by atoms with Gasteiger partial charge in [-0.05, 0) is 18.9 Å². The van der Waals surface area contributed by atoms with Crippen molar-refractivity contribution in [2.75, 3.05) is 42.3 Å². The molecule has 7 nitrogen and oxygen atoms in total. The predicted octanol–water partition coefficient (Wildman–Crippen LogP) is 1.55. The van der Waals surface area contributed by atoms with Gasteiger partial charge in [0.15, 0.2) is 5.82 Å². The quantitative estimate of drug-likeness (QED) is 0.917. The Hall–Kier alpha value is -2.51. The molecule has 23 heavy (non-hydrogen) atoms. The summed E-state index contributed by atoms with van der Waals surface area (Å²) in [5, 5.41) is 3.44. The van der Waals surface area contributed by atoms with Gasteiger partial charge in [-0.25, -0.2) is 19.3 Å². The lowest BCUT2D eigenvalue weighted by molar-refractivity contribution is 0.519. The van der Waals surface area contributed by atoms with Crippen LogP contribution in [0, 0.1) is 5.82 Å². The molecule has 0 aliphatic carbocycles. The summed E-state index contributed by atoms with van der Waals surface area (Å²) in [5.74, 6) is 1.62. The van der Waals surface area contributed by atoms with E-state index in [2.05, 4.69) is 30.2 Å². The van der Waals surface area contributed by atoms with E-state index in [0.717, 1.165) is 31.7 Å². The molecule has 1 aliphatic rings. The lowest BCUT2D eigenvalue weighted by atomic mass is 10.1. The van der Waals surface area contributed by atoms with Gasteiger partial charge in [-0.2, -0.15) is 4.98 Å². The maximum Gasteiger partial charge on any atom is 0.226 e. The zero-order valence-corrected chi connectivity index (χ0v) is 13.3. The Morgan fingerprint density at radius 3 is 2.78 bits per heavy atom. The van der Waals surface area contributed by atoms with Gasteiger partial charge in [0, 0.05) is 39.4 Å². The molecule has 0 radical (unpaired) electrons. The first-order valence-corrected chi connectivity index (χ1v) is 7.61. The average Bonchev–Trinajstić information content (AvgIpc) is 2.56. The van der Waals surface area contributed by atoms with E-state index in [1.54, 1.807) is 6.20 Å². The number of anilines is 3. The smallest absolute Gasteiger partial charge is 0.226 e. The van der Waals surface area contributed by atoms with Crippen molar-refractivity contribution >= 4 is 17.7 Å². The Labute approximate surface area is 134 Å². The zero-order chi connectivity index (χ0) is 16.2. The van der Waals surface area contributed by atoms with Crippen molar-refractivity contribution in [1.29, 1.82) is 0 Å². The molecule has 1 fully saturated rings. The van der Waals surface area contributed by atoms with Crippen molar-refractivity contribution in [3.8, 4) is 0 Å². The average molecular weight is 317 g/mol. The van der Waals surface area contributed by atoms with Crippen molar-refractivity contribution in [3.63, 3.8) is 0 Å². The van der Waals surface area contributed by atoms with E-state index in [1.807, 2.05) is 25.1 Å². The summed E-state index contributed by atoms with van der Waals surface area (Å²) in [6.45, 7) is 1.63. The maximum absolute atomic E-state index is 12.9. The Kier molecular flexibility index (Phi) is 4.50. The van der Waals surface area contributed by atoms with Crippen LogP contribution in [0.2, 0.25) is 0 Å². The molecule has 3 heterocycles. The first-order valence-electron chi connectivity index (χ1n) is 7.61. The number of rotatable bonds is 4. The number of hydrogen-bond acceptors (Lipinski definition) is 7. The summed E-state index contributed by atoms with van der Waals surface area (Å²) in [7, 11) is 3.82. The third-order valence-electron chi connectivity index (χ3n) is 3.71. The summed E-state index contributed by atoms with van der Waals surface area (Å²) in [5.41, 5.74) is 0. The van der Waals surface area contributed by atoms with E-state index < -0.39 is 5.82 Å². The van der Waals surface area contributed by atoms with Crippen molar-refractivity contribution in [2.24, 2.45) is 0 Å². The minimum atomic E-state index is -0.419. The van der Waals surface area contributed by atoms with Crippen LogP contribution in [0.25, 0.3) is 0 Å². The van der Waals surface area contributed by atoms with Gasteiger partial charge in [0.25, 0.3) is 0 Å². The van der Waals surface area contributed by atoms with Crippen molar-refractivity contribution in [1.82, 2.24) is 19.9 Å². The lowest BCUT2D eigenvalue weighted by Gasteiger charge is -2.33. The molecule has 2 aromatic heterocycles. The largest absolute Gasteiger partial charge is 0.365 e. The third kappa shape index (κ3) is 3.82. The van der Waals surface area contributed by atoms with E-state index >= 15 is 0 Å². The van der Waals surface area contributed by atoms with E-state index in [4.69, 9.17) is 0 Å². The fraction of sp³-hybridized carbons (Fsp3) is 0.467. The SMILES string of the molecule is CN(C)c1nccc(NC2CCCN(c3ncc(F)cn3)C2)n1. The summed E-state index contributed by atoms with van der Waals surface area (Å²) >= 11 is 0. The highest BCUT2D eigenvalue weighted by molar-refractivity contribution is 5.42. The van der Waals surface area contributed by atoms with Gasteiger partial charge < -0.3 is 15.1 Å².